The van der Waals surface area contributed by atoms with Gasteiger partial charge in [0.2, 0.25) is 0 Å². The van der Waals surface area contributed by atoms with E-state index in [1.807, 2.05) is 29.2 Å². The van der Waals surface area contributed by atoms with E-state index in [1.165, 1.54) is 16.7 Å². The standard InChI is InChI=1S/C22H25ClN2O2.C4H4O4/c23-20-5-1-3-16(13-20)8-12-27-22(26)25-11-2-4-19-14-17-6-9-24-10-7-18(17)15-21(19)25;5-3(6)1-2-4(7)8/h1,3,5,13-15,24H,2,4,6-12H2;1-2H,(H,5,6)(H,7,8)/b;2-1+. The summed E-state index contributed by atoms with van der Waals surface area (Å²) in [5, 5.41) is 19.8. The van der Waals surface area contributed by atoms with Gasteiger partial charge >= 0.3 is 18.0 Å². The largest absolute Gasteiger partial charge is 0.478 e. The second kappa shape index (κ2) is 12.9. The number of hydrogen-bond acceptors (Lipinski definition) is 5. The van der Waals surface area contributed by atoms with Crippen molar-refractivity contribution in [3.63, 3.8) is 0 Å². The van der Waals surface area contributed by atoms with Crippen LogP contribution in [0.3, 0.4) is 0 Å². The van der Waals surface area contributed by atoms with Crippen molar-refractivity contribution in [2.24, 2.45) is 0 Å². The van der Waals surface area contributed by atoms with Crippen molar-refractivity contribution in [1.29, 1.82) is 0 Å². The van der Waals surface area contributed by atoms with Gasteiger partial charge in [0.1, 0.15) is 0 Å². The summed E-state index contributed by atoms with van der Waals surface area (Å²) in [6.07, 6.45) is 5.63. The summed E-state index contributed by atoms with van der Waals surface area (Å²) in [6, 6.07) is 12.2. The maximum absolute atomic E-state index is 12.7. The molecule has 2 aliphatic rings. The lowest BCUT2D eigenvalue weighted by Gasteiger charge is -2.30. The van der Waals surface area contributed by atoms with E-state index in [0.29, 0.717) is 30.2 Å². The van der Waals surface area contributed by atoms with Gasteiger partial charge in [-0.25, -0.2) is 14.4 Å². The molecule has 8 nitrogen and oxygen atoms in total. The third-order valence-electron chi connectivity index (χ3n) is 5.76. The Bertz CT molecular complexity index is 1090. The van der Waals surface area contributed by atoms with E-state index in [0.717, 1.165) is 56.6 Å². The predicted octanol–water partition coefficient (Wildman–Crippen LogP) is 3.87. The highest BCUT2D eigenvalue weighted by Gasteiger charge is 2.25. The second-order valence-corrected chi connectivity index (χ2v) is 8.70. The van der Waals surface area contributed by atoms with Gasteiger partial charge in [-0.2, -0.15) is 0 Å². The predicted molar refractivity (Wildman–Crippen MR) is 133 cm³/mol. The molecule has 0 atom stereocenters. The SMILES string of the molecule is O=C(O)/C=C/C(=O)O.O=C(OCCc1cccc(Cl)c1)N1CCCc2cc3c(cc21)CCNCC3. The molecule has 186 valence electrons. The number of ether oxygens (including phenoxy) is 1. The number of halogens is 1. The van der Waals surface area contributed by atoms with E-state index in [-0.39, 0.29) is 6.09 Å². The highest BCUT2D eigenvalue weighted by Crippen LogP contribution is 2.32. The van der Waals surface area contributed by atoms with Gasteiger partial charge in [-0.1, -0.05) is 29.8 Å². The molecule has 4 rings (SSSR count). The lowest BCUT2D eigenvalue weighted by atomic mass is 9.93. The molecule has 2 heterocycles. The summed E-state index contributed by atoms with van der Waals surface area (Å²) in [4.78, 5) is 33.6. The number of fused-ring (bicyclic) bond motifs is 2. The quantitative estimate of drug-likeness (QED) is 0.533. The van der Waals surface area contributed by atoms with Crippen LogP contribution in [-0.2, 0) is 40.0 Å². The first-order chi connectivity index (χ1) is 16.8. The van der Waals surface area contributed by atoms with Crippen LogP contribution in [0, 0.1) is 0 Å². The molecule has 0 saturated heterocycles. The minimum absolute atomic E-state index is 0.246. The Hall–Kier alpha value is -3.36. The number of nitrogens with zero attached hydrogens (tertiary/aromatic N) is 1. The van der Waals surface area contributed by atoms with Gasteiger partial charge in [-0.3, -0.25) is 4.90 Å². The molecule has 0 fully saturated rings. The molecule has 0 aliphatic carbocycles. The number of carbonyl (C=O) groups is 3. The molecular weight excluding hydrogens is 472 g/mol. The van der Waals surface area contributed by atoms with Crippen molar-refractivity contribution in [2.45, 2.75) is 32.1 Å². The zero-order valence-electron chi connectivity index (χ0n) is 19.3. The summed E-state index contributed by atoms with van der Waals surface area (Å²) in [5.74, 6) is -2.51. The minimum atomic E-state index is -1.26. The molecule has 3 N–H and O–H groups in total. The highest BCUT2D eigenvalue weighted by molar-refractivity contribution is 6.30. The molecule has 9 heteroatoms. The van der Waals surface area contributed by atoms with Crippen LogP contribution >= 0.6 is 11.6 Å². The summed E-state index contributed by atoms with van der Waals surface area (Å²) in [6.45, 7) is 3.11. The number of aliphatic carboxylic acids is 2. The number of aryl methyl sites for hydroxylation is 1. The van der Waals surface area contributed by atoms with Crippen molar-refractivity contribution >= 4 is 35.3 Å². The summed E-state index contributed by atoms with van der Waals surface area (Å²) in [7, 11) is 0. The Morgan fingerprint density at radius 2 is 1.66 bits per heavy atom. The van der Waals surface area contributed by atoms with Crippen LogP contribution in [-0.4, -0.2) is 54.5 Å². The van der Waals surface area contributed by atoms with Crippen molar-refractivity contribution < 1.29 is 29.3 Å². The first-order valence-electron chi connectivity index (χ1n) is 11.5. The molecule has 2 aromatic carbocycles. The van der Waals surface area contributed by atoms with Crippen LogP contribution in [0.15, 0.2) is 48.6 Å². The smallest absolute Gasteiger partial charge is 0.414 e. The summed E-state index contributed by atoms with van der Waals surface area (Å²) >= 11 is 6.01. The van der Waals surface area contributed by atoms with Crippen molar-refractivity contribution in [3.8, 4) is 0 Å². The lowest BCUT2D eigenvalue weighted by Crippen LogP contribution is -2.36. The Morgan fingerprint density at radius 1 is 0.971 bits per heavy atom. The van der Waals surface area contributed by atoms with Crippen LogP contribution in [0.1, 0.15) is 28.7 Å². The average Bonchev–Trinajstić information content (AvgIpc) is 3.06. The van der Waals surface area contributed by atoms with Crippen molar-refractivity contribution in [1.82, 2.24) is 5.32 Å². The number of hydrogen-bond donors (Lipinski definition) is 3. The van der Waals surface area contributed by atoms with Crippen LogP contribution in [0.4, 0.5) is 10.5 Å². The molecule has 0 unspecified atom stereocenters. The lowest BCUT2D eigenvalue weighted by molar-refractivity contribution is -0.134. The fraction of sp³-hybridized carbons (Fsp3) is 0.346. The van der Waals surface area contributed by atoms with Gasteiger partial charge < -0.3 is 20.3 Å². The Kier molecular flexibility index (Phi) is 9.69. The molecule has 2 aliphatic heterocycles. The second-order valence-electron chi connectivity index (χ2n) is 8.26. The third-order valence-corrected chi connectivity index (χ3v) is 5.99. The number of nitrogens with one attached hydrogen (secondary N) is 1. The molecule has 2 aromatic rings. The maximum Gasteiger partial charge on any atom is 0.414 e. The number of carbonyl (C=O) groups excluding carboxylic acids is 1. The molecule has 35 heavy (non-hydrogen) atoms. The topological polar surface area (TPSA) is 116 Å². The highest BCUT2D eigenvalue weighted by atomic mass is 35.5. The molecular formula is C26H29ClN2O6. The average molecular weight is 501 g/mol. The molecule has 0 saturated carbocycles. The van der Waals surface area contributed by atoms with Crippen LogP contribution in [0.25, 0.3) is 0 Å². The normalized spacial score (nSPS) is 14.7. The minimum Gasteiger partial charge on any atom is -0.478 e. The van der Waals surface area contributed by atoms with E-state index >= 15 is 0 Å². The third kappa shape index (κ3) is 8.12. The Labute approximate surface area is 209 Å². The van der Waals surface area contributed by atoms with Gasteiger partial charge in [0, 0.05) is 30.1 Å². The number of amides is 1. The van der Waals surface area contributed by atoms with Gasteiger partial charge in [0.15, 0.2) is 0 Å². The van der Waals surface area contributed by atoms with Crippen LogP contribution in [0.5, 0.6) is 0 Å². The van der Waals surface area contributed by atoms with Crippen LogP contribution < -0.4 is 10.2 Å². The Morgan fingerprint density at radius 3 is 2.31 bits per heavy atom. The van der Waals surface area contributed by atoms with Crippen molar-refractivity contribution in [3.05, 3.63) is 75.8 Å². The molecule has 1 amide bonds. The van der Waals surface area contributed by atoms with E-state index < -0.39 is 11.9 Å². The first-order valence-corrected chi connectivity index (χ1v) is 11.9. The molecule has 0 spiro atoms. The van der Waals surface area contributed by atoms with Gasteiger partial charge in [-0.15, -0.1) is 0 Å². The summed E-state index contributed by atoms with van der Waals surface area (Å²) < 4.78 is 5.58. The number of carboxylic acid groups (broad SMARTS) is 2. The van der Waals surface area contributed by atoms with Gasteiger partial charge in [-0.05, 0) is 79.2 Å². The monoisotopic (exact) mass is 500 g/mol. The van der Waals surface area contributed by atoms with E-state index in [9.17, 15) is 14.4 Å². The zero-order valence-corrected chi connectivity index (χ0v) is 20.1. The first kappa shape index (κ1) is 26.2. The Balaban J connectivity index is 0.000000371. The number of benzene rings is 2. The fourth-order valence-corrected chi connectivity index (χ4v) is 4.34. The van der Waals surface area contributed by atoms with Crippen LogP contribution in [0.2, 0.25) is 5.02 Å². The number of anilines is 1. The summed E-state index contributed by atoms with van der Waals surface area (Å²) in [5.41, 5.74) is 6.17. The maximum atomic E-state index is 12.7. The van der Waals surface area contributed by atoms with Gasteiger partial charge in [0.25, 0.3) is 0 Å². The van der Waals surface area contributed by atoms with E-state index in [1.54, 1.807) is 0 Å². The van der Waals surface area contributed by atoms with E-state index in [2.05, 4.69) is 17.4 Å². The zero-order chi connectivity index (χ0) is 25.2. The van der Waals surface area contributed by atoms with E-state index in [4.69, 9.17) is 26.6 Å². The number of rotatable bonds is 5. The fourth-order valence-electron chi connectivity index (χ4n) is 4.12. The molecule has 0 aromatic heterocycles. The molecule has 0 radical (unpaired) electrons. The number of carboxylic acids is 2. The van der Waals surface area contributed by atoms with Gasteiger partial charge in [0.05, 0.1) is 12.3 Å². The molecule has 0 bridgehead atoms. The van der Waals surface area contributed by atoms with Crippen molar-refractivity contribution in [2.75, 3.05) is 31.1 Å².